The Hall–Kier alpha value is -2.46. The number of aromatic hydroxyl groups is 1. The highest BCUT2D eigenvalue weighted by atomic mass is 127. The van der Waals surface area contributed by atoms with Gasteiger partial charge in [0.15, 0.2) is 16.6 Å². The zero-order valence-electron chi connectivity index (χ0n) is 16.7. The molecule has 6 nitrogen and oxygen atoms in total. The van der Waals surface area contributed by atoms with Gasteiger partial charge in [-0.05, 0) is 89.1 Å². The first kappa shape index (κ1) is 22.2. The minimum Gasteiger partial charge on any atom is -0.504 e. The Morgan fingerprint density at radius 1 is 1.23 bits per heavy atom. The third kappa shape index (κ3) is 4.49. The molecule has 1 saturated heterocycles. The number of anilines is 1. The van der Waals surface area contributed by atoms with Crippen LogP contribution in [-0.2, 0) is 9.59 Å². The van der Waals surface area contributed by atoms with E-state index in [9.17, 15) is 14.7 Å². The van der Waals surface area contributed by atoms with E-state index < -0.39 is 11.8 Å². The molecule has 0 aliphatic carbocycles. The number of carbonyl (C=O) groups is 2. The van der Waals surface area contributed by atoms with E-state index in [1.165, 1.54) is 11.0 Å². The highest BCUT2D eigenvalue weighted by Gasteiger charge is 2.34. The zero-order valence-corrected chi connectivity index (χ0v) is 19.7. The number of hydrogen-bond donors (Lipinski definition) is 2. The van der Waals surface area contributed by atoms with Crippen molar-refractivity contribution in [3.8, 4) is 11.5 Å². The van der Waals surface area contributed by atoms with Crippen molar-refractivity contribution in [2.75, 3.05) is 11.5 Å². The van der Waals surface area contributed by atoms with Gasteiger partial charge in [0.25, 0.3) is 11.8 Å². The average Bonchev–Trinajstić information content (AvgIpc) is 2.69. The highest BCUT2D eigenvalue weighted by molar-refractivity contribution is 14.1. The second kappa shape index (κ2) is 9.13. The molecule has 2 amide bonds. The molecule has 2 N–H and O–H groups in total. The summed E-state index contributed by atoms with van der Waals surface area (Å²) in [5.74, 6) is -0.415. The first-order chi connectivity index (χ1) is 14.2. The lowest BCUT2D eigenvalue weighted by Gasteiger charge is -2.29. The van der Waals surface area contributed by atoms with Crippen LogP contribution >= 0.6 is 34.8 Å². The van der Waals surface area contributed by atoms with E-state index in [1.807, 2.05) is 46.9 Å². The molecule has 0 saturated carbocycles. The quantitative estimate of drug-likeness (QED) is 0.257. The lowest BCUT2D eigenvalue weighted by Crippen LogP contribution is -2.54. The van der Waals surface area contributed by atoms with E-state index in [0.29, 0.717) is 27.3 Å². The molecule has 1 fully saturated rings. The molecule has 2 aromatic rings. The normalized spacial score (nSPS) is 15.7. The number of hydrogen-bond acceptors (Lipinski definition) is 5. The Bertz CT molecular complexity index is 1050. The fourth-order valence-electron chi connectivity index (χ4n) is 3.01. The molecule has 0 spiro atoms. The summed E-state index contributed by atoms with van der Waals surface area (Å²) in [6.45, 7) is 6.35. The number of carbonyl (C=O) groups excluding carboxylic acids is 2. The molecular formula is C22H21IN2O4S. The summed E-state index contributed by atoms with van der Waals surface area (Å²) in [4.78, 5) is 27.0. The number of nitrogens with zero attached hydrogens (tertiary/aromatic N) is 1. The largest absolute Gasteiger partial charge is 0.504 e. The van der Waals surface area contributed by atoms with Gasteiger partial charge in [0.1, 0.15) is 5.57 Å². The van der Waals surface area contributed by atoms with Crippen LogP contribution in [-0.4, -0.2) is 28.6 Å². The fraction of sp³-hybridized carbons (Fsp3) is 0.227. The van der Waals surface area contributed by atoms with Gasteiger partial charge in [-0.1, -0.05) is 26.0 Å². The molecule has 30 heavy (non-hydrogen) atoms. The standard InChI is InChI=1S/C22H21IN2O4S/c1-4-29-18-11-13(10-17(23)19(18)26)9-16-20(27)24-22(30)25(21(16)28)15-7-5-14(6-8-15)12(2)3/h5-12,26H,4H2,1-3H3,(H,24,27,30)/b16-9+. The maximum absolute atomic E-state index is 13.2. The molecule has 0 aromatic heterocycles. The monoisotopic (exact) mass is 536 g/mol. The minimum absolute atomic E-state index is 0.0204. The van der Waals surface area contributed by atoms with Gasteiger partial charge in [0.05, 0.1) is 15.9 Å². The Morgan fingerprint density at radius 3 is 2.50 bits per heavy atom. The van der Waals surface area contributed by atoms with Crippen LogP contribution in [0.5, 0.6) is 11.5 Å². The smallest absolute Gasteiger partial charge is 0.270 e. The molecule has 1 heterocycles. The van der Waals surface area contributed by atoms with Crippen molar-refractivity contribution in [3.63, 3.8) is 0 Å². The van der Waals surface area contributed by atoms with Crippen molar-refractivity contribution in [3.05, 3.63) is 56.7 Å². The maximum Gasteiger partial charge on any atom is 0.270 e. The Kier molecular flexibility index (Phi) is 6.77. The second-order valence-electron chi connectivity index (χ2n) is 6.99. The van der Waals surface area contributed by atoms with Gasteiger partial charge in [0.2, 0.25) is 0 Å². The van der Waals surface area contributed by atoms with Crippen molar-refractivity contribution >= 4 is 63.5 Å². The molecule has 0 atom stereocenters. The van der Waals surface area contributed by atoms with E-state index in [4.69, 9.17) is 17.0 Å². The van der Waals surface area contributed by atoms with Crippen molar-refractivity contribution < 1.29 is 19.4 Å². The van der Waals surface area contributed by atoms with E-state index >= 15 is 0 Å². The molecule has 1 aliphatic heterocycles. The fourth-order valence-corrected chi connectivity index (χ4v) is 3.92. The van der Waals surface area contributed by atoms with Crippen LogP contribution in [0, 0.1) is 3.57 Å². The number of rotatable bonds is 5. The van der Waals surface area contributed by atoms with Gasteiger partial charge >= 0.3 is 0 Å². The van der Waals surface area contributed by atoms with Crippen molar-refractivity contribution in [1.82, 2.24) is 5.32 Å². The predicted octanol–water partition coefficient (Wildman–Crippen LogP) is 4.35. The van der Waals surface area contributed by atoms with Gasteiger partial charge in [-0.15, -0.1) is 0 Å². The Labute approximate surface area is 194 Å². The SMILES string of the molecule is CCOc1cc(/C=C2\C(=O)NC(=S)N(c3ccc(C(C)C)cc3)C2=O)cc(I)c1O. The number of thiocarbonyl (C=S) groups is 1. The molecule has 0 bridgehead atoms. The number of phenols is 1. The minimum atomic E-state index is -0.568. The Balaban J connectivity index is 2.00. The van der Waals surface area contributed by atoms with E-state index in [0.717, 1.165) is 5.56 Å². The van der Waals surface area contributed by atoms with Crippen LogP contribution in [0.3, 0.4) is 0 Å². The summed E-state index contributed by atoms with van der Waals surface area (Å²) < 4.78 is 5.99. The lowest BCUT2D eigenvalue weighted by atomic mass is 10.0. The lowest BCUT2D eigenvalue weighted by molar-refractivity contribution is -0.122. The molecular weight excluding hydrogens is 515 g/mol. The average molecular weight is 536 g/mol. The number of ether oxygens (including phenoxy) is 1. The van der Waals surface area contributed by atoms with Gasteiger partial charge in [-0.2, -0.15) is 0 Å². The van der Waals surface area contributed by atoms with Crippen molar-refractivity contribution in [2.45, 2.75) is 26.7 Å². The van der Waals surface area contributed by atoms with Gasteiger partial charge < -0.3 is 9.84 Å². The molecule has 8 heteroatoms. The first-order valence-electron chi connectivity index (χ1n) is 9.39. The number of amides is 2. The summed E-state index contributed by atoms with van der Waals surface area (Å²) in [6.07, 6.45) is 1.47. The zero-order chi connectivity index (χ0) is 22.0. The first-order valence-corrected chi connectivity index (χ1v) is 10.9. The van der Waals surface area contributed by atoms with Crippen LogP contribution in [0.1, 0.15) is 37.8 Å². The highest BCUT2D eigenvalue weighted by Crippen LogP contribution is 2.34. The summed E-state index contributed by atoms with van der Waals surface area (Å²) in [5.41, 5.74) is 2.22. The van der Waals surface area contributed by atoms with Crippen LogP contribution in [0.2, 0.25) is 0 Å². The van der Waals surface area contributed by atoms with Gasteiger partial charge in [-0.25, -0.2) is 0 Å². The van der Waals surface area contributed by atoms with Crippen LogP contribution in [0.4, 0.5) is 5.69 Å². The third-order valence-electron chi connectivity index (χ3n) is 4.58. The number of phenolic OH excluding ortho intramolecular Hbond substituents is 1. The van der Waals surface area contributed by atoms with Crippen LogP contribution in [0.15, 0.2) is 42.0 Å². The number of nitrogens with one attached hydrogen (secondary N) is 1. The molecule has 0 unspecified atom stereocenters. The summed E-state index contributed by atoms with van der Waals surface area (Å²) >= 11 is 7.22. The van der Waals surface area contributed by atoms with E-state index in [-0.39, 0.29) is 22.2 Å². The molecule has 0 radical (unpaired) electrons. The molecule has 1 aliphatic rings. The van der Waals surface area contributed by atoms with E-state index in [1.54, 1.807) is 19.1 Å². The van der Waals surface area contributed by atoms with Crippen molar-refractivity contribution in [2.24, 2.45) is 0 Å². The van der Waals surface area contributed by atoms with Gasteiger partial charge in [0, 0.05) is 0 Å². The maximum atomic E-state index is 13.2. The van der Waals surface area contributed by atoms with Crippen LogP contribution < -0.4 is 15.0 Å². The van der Waals surface area contributed by atoms with Crippen molar-refractivity contribution in [1.29, 1.82) is 0 Å². The van der Waals surface area contributed by atoms with Crippen LogP contribution in [0.25, 0.3) is 6.08 Å². The summed E-state index contributed by atoms with van der Waals surface area (Å²) in [7, 11) is 0. The predicted molar refractivity (Wildman–Crippen MR) is 129 cm³/mol. The summed E-state index contributed by atoms with van der Waals surface area (Å²) in [6, 6.07) is 10.7. The molecule has 2 aromatic carbocycles. The number of benzene rings is 2. The topological polar surface area (TPSA) is 78.9 Å². The molecule has 3 rings (SSSR count). The van der Waals surface area contributed by atoms with Gasteiger partial charge in [-0.3, -0.25) is 19.8 Å². The molecule has 156 valence electrons. The second-order valence-corrected chi connectivity index (χ2v) is 8.54. The summed E-state index contributed by atoms with van der Waals surface area (Å²) in [5, 5.41) is 12.7. The Morgan fingerprint density at radius 2 is 1.90 bits per heavy atom. The number of halogens is 1. The van der Waals surface area contributed by atoms with E-state index in [2.05, 4.69) is 19.2 Å². The third-order valence-corrected chi connectivity index (χ3v) is 5.69.